The molecule has 0 bridgehead atoms. The molecule has 2 aromatic rings. The molecule has 0 spiro atoms. The number of benzene rings is 1. The van der Waals surface area contributed by atoms with Crippen LogP contribution in [0.15, 0.2) is 40.8 Å². The molecular weight excluding hydrogens is 331 g/mol. The Morgan fingerprint density at radius 3 is 2.50 bits per heavy atom. The summed E-state index contributed by atoms with van der Waals surface area (Å²) in [6.45, 7) is 2.25. The molecule has 1 heterocycles. The van der Waals surface area contributed by atoms with E-state index in [1.165, 1.54) is 36.0 Å². The second-order valence-electron chi connectivity index (χ2n) is 5.31. The number of carbonyl (C=O) groups is 2. The van der Waals surface area contributed by atoms with E-state index in [-0.39, 0.29) is 29.1 Å². The number of hydrogen-bond acceptors (Lipinski definition) is 4. The van der Waals surface area contributed by atoms with Gasteiger partial charge in [-0.2, -0.15) is 0 Å². The minimum absolute atomic E-state index is 0.0800. The van der Waals surface area contributed by atoms with Gasteiger partial charge in [0.15, 0.2) is 0 Å². The molecule has 0 saturated heterocycles. The van der Waals surface area contributed by atoms with Crippen molar-refractivity contribution in [3.05, 3.63) is 53.7 Å². The van der Waals surface area contributed by atoms with E-state index in [4.69, 9.17) is 4.42 Å². The zero-order valence-electron chi connectivity index (χ0n) is 13.5. The third-order valence-corrected chi connectivity index (χ3v) is 4.12. The Balaban J connectivity index is 1.69. The van der Waals surface area contributed by atoms with Crippen LogP contribution in [-0.4, -0.2) is 35.3 Å². The zero-order valence-corrected chi connectivity index (χ0v) is 14.4. The number of furan rings is 1. The van der Waals surface area contributed by atoms with Crippen molar-refractivity contribution in [1.29, 1.82) is 0 Å². The molecule has 24 heavy (non-hydrogen) atoms. The largest absolute Gasteiger partial charge is 0.464 e. The van der Waals surface area contributed by atoms with E-state index in [9.17, 15) is 14.0 Å². The van der Waals surface area contributed by atoms with Gasteiger partial charge in [0.1, 0.15) is 17.3 Å². The van der Waals surface area contributed by atoms with Gasteiger partial charge in [0.2, 0.25) is 11.8 Å². The maximum atomic E-state index is 12.8. The number of halogens is 1. The molecule has 2 amide bonds. The average Bonchev–Trinajstić information content (AvgIpc) is 2.94. The predicted molar refractivity (Wildman–Crippen MR) is 92.3 cm³/mol. The van der Waals surface area contributed by atoms with Crippen LogP contribution in [0, 0.1) is 12.7 Å². The van der Waals surface area contributed by atoms with Crippen LogP contribution in [0.2, 0.25) is 0 Å². The molecule has 7 heteroatoms. The first-order chi connectivity index (χ1) is 11.4. The third kappa shape index (κ3) is 5.73. The quantitative estimate of drug-likeness (QED) is 0.834. The fraction of sp³-hybridized carbons (Fsp3) is 0.294. The van der Waals surface area contributed by atoms with E-state index in [2.05, 4.69) is 5.32 Å². The lowest BCUT2D eigenvalue weighted by Gasteiger charge is -2.15. The van der Waals surface area contributed by atoms with Gasteiger partial charge in [0, 0.05) is 12.7 Å². The van der Waals surface area contributed by atoms with E-state index in [0.29, 0.717) is 12.2 Å². The number of rotatable bonds is 7. The Bertz CT molecular complexity index is 700. The summed E-state index contributed by atoms with van der Waals surface area (Å²) in [5.41, 5.74) is 0.527. The Labute approximate surface area is 144 Å². The van der Waals surface area contributed by atoms with Crippen LogP contribution in [0.1, 0.15) is 11.5 Å². The lowest BCUT2D eigenvalue weighted by atomic mass is 10.3. The van der Waals surface area contributed by atoms with Crippen LogP contribution in [0.5, 0.6) is 0 Å². The molecule has 128 valence electrons. The summed E-state index contributed by atoms with van der Waals surface area (Å²) in [5, 5.41) is 2.65. The first-order valence-electron chi connectivity index (χ1n) is 7.36. The van der Waals surface area contributed by atoms with Crippen molar-refractivity contribution in [2.75, 3.05) is 23.9 Å². The lowest BCUT2D eigenvalue weighted by Crippen LogP contribution is -2.28. The summed E-state index contributed by atoms with van der Waals surface area (Å²) < 4.78 is 18.2. The van der Waals surface area contributed by atoms with Crippen molar-refractivity contribution < 1.29 is 18.4 Å². The van der Waals surface area contributed by atoms with Crippen molar-refractivity contribution in [1.82, 2.24) is 4.90 Å². The van der Waals surface area contributed by atoms with Crippen LogP contribution in [0.25, 0.3) is 0 Å². The van der Waals surface area contributed by atoms with E-state index in [0.717, 1.165) is 11.5 Å². The van der Waals surface area contributed by atoms with Gasteiger partial charge >= 0.3 is 0 Å². The van der Waals surface area contributed by atoms with Gasteiger partial charge in [-0.25, -0.2) is 4.39 Å². The summed E-state index contributed by atoms with van der Waals surface area (Å²) in [6.07, 6.45) is 0. The van der Waals surface area contributed by atoms with Crippen LogP contribution in [0.4, 0.5) is 10.1 Å². The zero-order chi connectivity index (χ0) is 17.5. The first kappa shape index (κ1) is 18.1. The smallest absolute Gasteiger partial charge is 0.234 e. The van der Waals surface area contributed by atoms with Gasteiger partial charge in [0.05, 0.1) is 18.1 Å². The number of thioether (sulfide) groups is 1. The van der Waals surface area contributed by atoms with Gasteiger partial charge in [-0.15, -0.1) is 11.8 Å². The minimum Gasteiger partial charge on any atom is -0.464 e. The molecule has 1 aromatic carbocycles. The lowest BCUT2D eigenvalue weighted by molar-refractivity contribution is -0.127. The fourth-order valence-corrected chi connectivity index (χ4v) is 2.72. The minimum atomic E-state index is -0.359. The predicted octanol–water partition coefficient (Wildman–Crippen LogP) is 3.06. The topological polar surface area (TPSA) is 62.6 Å². The highest BCUT2D eigenvalue weighted by atomic mass is 32.2. The van der Waals surface area contributed by atoms with Gasteiger partial charge in [-0.3, -0.25) is 9.59 Å². The van der Waals surface area contributed by atoms with E-state index >= 15 is 0 Å². The molecule has 0 saturated carbocycles. The summed E-state index contributed by atoms with van der Waals surface area (Å²) in [7, 11) is 1.69. The number of anilines is 1. The highest BCUT2D eigenvalue weighted by Gasteiger charge is 2.12. The van der Waals surface area contributed by atoms with Crippen molar-refractivity contribution >= 4 is 29.3 Å². The number of amides is 2. The standard InChI is InChI=1S/C17H19FN2O3S/c1-12-3-8-15(23-12)9-20(2)17(22)11-24-10-16(21)19-14-6-4-13(18)5-7-14/h3-8H,9-11H2,1-2H3,(H,19,21). The molecule has 5 nitrogen and oxygen atoms in total. The second kappa shape index (κ2) is 8.54. The molecule has 0 radical (unpaired) electrons. The monoisotopic (exact) mass is 350 g/mol. The number of hydrogen-bond donors (Lipinski definition) is 1. The van der Waals surface area contributed by atoms with Crippen molar-refractivity contribution in [2.24, 2.45) is 0 Å². The maximum absolute atomic E-state index is 12.8. The number of carbonyl (C=O) groups excluding carboxylic acids is 2. The van der Waals surface area contributed by atoms with E-state index in [1.807, 2.05) is 19.1 Å². The van der Waals surface area contributed by atoms with Gasteiger partial charge < -0.3 is 14.6 Å². The molecule has 0 aliphatic rings. The summed E-state index contributed by atoms with van der Waals surface area (Å²) in [4.78, 5) is 25.4. The normalized spacial score (nSPS) is 10.5. The molecule has 0 aliphatic heterocycles. The molecule has 1 aromatic heterocycles. The molecule has 0 atom stereocenters. The van der Waals surface area contributed by atoms with Crippen LogP contribution < -0.4 is 5.32 Å². The summed E-state index contributed by atoms with van der Waals surface area (Å²) >= 11 is 1.23. The summed E-state index contributed by atoms with van der Waals surface area (Å²) in [5.74, 6) is 1.21. The SMILES string of the molecule is Cc1ccc(CN(C)C(=O)CSCC(=O)Nc2ccc(F)cc2)o1. The molecule has 1 N–H and O–H groups in total. The molecule has 0 fully saturated rings. The van der Waals surface area contributed by atoms with Gasteiger partial charge in [0.25, 0.3) is 0 Å². The summed E-state index contributed by atoms with van der Waals surface area (Å²) in [6, 6.07) is 9.21. The number of aryl methyl sites for hydroxylation is 1. The molecule has 0 unspecified atom stereocenters. The highest BCUT2D eigenvalue weighted by Crippen LogP contribution is 2.12. The average molecular weight is 350 g/mol. The van der Waals surface area contributed by atoms with Crippen molar-refractivity contribution in [3.8, 4) is 0 Å². The van der Waals surface area contributed by atoms with Crippen molar-refractivity contribution in [3.63, 3.8) is 0 Å². The Morgan fingerprint density at radius 1 is 1.17 bits per heavy atom. The van der Waals surface area contributed by atoms with Crippen LogP contribution in [-0.2, 0) is 16.1 Å². The fourth-order valence-electron chi connectivity index (χ4n) is 1.96. The molecule has 0 aliphatic carbocycles. The van der Waals surface area contributed by atoms with Gasteiger partial charge in [-0.1, -0.05) is 0 Å². The number of nitrogens with zero attached hydrogens (tertiary/aromatic N) is 1. The number of nitrogens with one attached hydrogen (secondary N) is 1. The molecular formula is C17H19FN2O3S. The van der Waals surface area contributed by atoms with Crippen LogP contribution in [0.3, 0.4) is 0 Å². The Hall–Kier alpha value is -2.28. The maximum Gasteiger partial charge on any atom is 0.234 e. The Morgan fingerprint density at radius 2 is 1.88 bits per heavy atom. The van der Waals surface area contributed by atoms with Crippen LogP contribution >= 0.6 is 11.8 Å². The van der Waals surface area contributed by atoms with Gasteiger partial charge in [-0.05, 0) is 43.3 Å². The van der Waals surface area contributed by atoms with Crippen molar-refractivity contribution in [2.45, 2.75) is 13.5 Å². The molecule has 2 rings (SSSR count). The first-order valence-corrected chi connectivity index (χ1v) is 8.52. The third-order valence-electron chi connectivity index (χ3n) is 3.20. The van der Waals surface area contributed by atoms with E-state index < -0.39 is 0 Å². The Kier molecular flexibility index (Phi) is 6.43. The second-order valence-corrected chi connectivity index (χ2v) is 6.30. The van der Waals surface area contributed by atoms with E-state index in [1.54, 1.807) is 11.9 Å². The highest BCUT2D eigenvalue weighted by molar-refractivity contribution is 8.00.